The molecule has 2 aliphatic rings. The third-order valence-electron chi connectivity index (χ3n) is 6.57. The molecule has 144 valence electrons. The van der Waals surface area contributed by atoms with Crippen molar-refractivity contribution in [2.24, 2.45) is 5.92 Å². The molecule has 4 heteroatoms. The molecule has 2 aromatic rings. The Kier molecular flexibility index (Phi) is 5.29. The van der Waals surface area contributed by atoms with Crippen LogP contribution in [0.5, 0.6) is 0 Å². The van der Waals surface area contributed by atoms with Gasteiger partial charge in [0.15, 0.2) is 0 Å². The molecular weight excluding hydrogens is 342 g/mol. The molecule has 1 aliphatic carbocycles. The molecule has 0 N–H and O–H groups in total. The number of rotatable bonds is 4. The number of halogens is 2. The Morgan fingerprint density at radius 1 is 0.926 bits per heavy atom. The number of nitrogens with zero attached hydrogens (tertiary/aromatic N) is 2. The van der Waals surface area contributed by atoms with Gasteiger partial charge in [0.2, 0.25) is 0 Å². The molecule has 0 bridgehead atoms. The molecule has 2 aromatic carbocycles. The van der Waals surface area contributed by atoms with E-state index in [2.05, 4.69) is 16.8 Å². The van der Waals surface area contributed by atoms with Gasteiger partial charge in [0, 0.05) is 38.1 Å². The van der Waals surface area contributed by atoms with Crippen LogP contribution in [0.25, 0.3) is 0 Å². The highest BCUT2D eigenvalue weighted by Gasteiger charge is 2.46. The summed E-state index contributed by atoms with van der Waals surface area (Å²) >= 11 is 0. The van der Waals surface area contributed by atoms with Crippen molar-refractivity contribution in [1.82, 2.24) is 9.80 Å². The molecule has 1 saturated heterocycles. The maximum Gasteiger partial charge on any atom is 0.123 e. The molecule has 2 nitrogen and oxygen atoms in total. The Morgan fingerprint density at radius 3 is 2.07 bits per heavy atom. The minimum absolute atomic E-state index is 0.214. The number of hydrogen-bond donors (Lipinski definition) is 0. The topological polar surface area (TPSA) is 6.48 Å². The molecule has 1 unspecified atom stereocenters. The zero-order valence-electron chi connectivity index (χ0n) is 16.0. The van der Waals surface area contributed by atoms with E-state index in [1.165, 1.54) is 12.1 Å². The van der Waals surface area contributed by atoms with Crippen LogP contribution in [0.15, 0.2) is 48.5 Å². The molecule has 0 aromatic heterocycles. The van der Waals surface area contributed by atoms with E-state index in [4.69, 9.17) is 0 Å². The first-order valence-electron chi connectivity index (χ1n) is 10.0. The Balaban J connectivity index is 1.73. The molecule has 1 heterocycles. The Labute approximate surface area is 160 Å². The van der Waals surface area contributed by atoms with Crippen LogP contribution >= 0.6 is 0 Å². The summed E-state index contributed by atoms with van der Waals surface area (Å²) in [4.78, 5) is 4.89. The maximum absolute atomic E-state index is 14.1. The van der Waals surface area contributed by atoms with E-state index < -0.39 is 0 Å². The zero-order valence-corrected chi connectivity index (χ0v) is 16.0. The predicted octanol–water partition coefficient (Wildman–Crippen LogP) is 4.30. The first-order valence-corrected chi connectivity index (χ1v) is 10.0. The van der Waals surface area contributed by atoms with Gasteiger partial charge in [-0.1, -0.05) is 30.7 Å². The monoisotopic (exact) mass is 370 g/mol. The third-order valence-corrected chi connectivity index (χ3v) is 6.57. The zero-order chi connectivity index (χ0) is 18.9. The van der Waals surface area contributed by atoms with Crippen molar-refractivity contribution in [3.05, 3.63) is 71.3 Å². The molecule has 1 aliphatic heterocycles. The van der Waals surface area contributed by atoms with E-state index in [0.717, 1.165) is 63.1 Å². The SMILES string of the molecule is CN1CCN(CC2CCCC2(c2cccc(F)c2)c2cccc(F)c2)CC1. The van der Waals surface area contributed by atoms with Gasteiger partial charge in [-0.25, -0.2) is 8.78 Å². The summed E-state index contributed by atoms with van der Waals surface area (Å²) in [5.74, 6) is -0.0634. The van der Waals surface area contributed by atoms with Crippen LogP contribution in [0.4, 0.5) is 8.78 Å². The van der Waals surface area contributed by atoms with Gasteiger partial charge in [-0.15, -0.1) is 0 Å². The summed E-state index contributed by atoms with van der Waals surface area (Å²) in [5.41, 5.74) is 1.67. The fourth-order valence-corrected chi connectivity index (χ4v) is 5.13. The summed E-state index contributed by atoms with van der Waals surface area (Å²) in [5, 5.41) is 0. The van der Waals surface area contributed by atoms with Crippen LogP contribution in [0.3, 0.4) is 0 Å². The molecule has 4 rings (SSSR count). The number of hydrogen-bond acceptors (Lipinski definition) is 2. The maximum atomic E-state index is 14.1. The van der Waals surface area contributed by atoms with Crippen molar-refractivity contribution in [3.63, 3.8) is 0 Å². The van der Waals surface area contributed by atoms with Crippen molar-refractivity contribution in [2.45, 2.75) is 24.7 Å². The lowest BCUT2D eigenvalue weighted by Crippen LogP contribution is -2.48. The largest absolute Gasteiger partial charge is 0.304 e. The highest BCUT2D eigenvalue weighted by atomic mass is 19.1. The van der Waals surface area contributed by atoms with E-state index in [1.54, 1.807) is 24.3 Å². The van der Waals surface area contributed by atoms with Gasteiger partial charge in [-0.05, 0) is 61.2 Å². The third kappa shape index (κ3) is 3.65. The van der Waals surface area contributed by atoms with Crippen LogP contribution in [-0.4, -0.2) is 49.6 Å². The van der Waals surface area contributed by atoms with E-state index in [9.17, 15) is 8.78 Å². The van der Waals surface area contributed by atoms with Crippen LogP contribution in [0, 0.1) is 17.6 Å². The highest BCUT2D eigenvalue weighted by molar-refractivity contribution is 5.42. The van der Waals surface area contributed by atoms with Gasteiger partial charge in [0.1, 0.15) is 11.6 Å². The van der Waals surface area contributed by atoms with E-state index in [0.29, 0.717) is 5.92 Å². The lowest BCUT2D eigenvalue weighted by molar-refractivity contribution is 0.124. The van der Waals surface area contributed by atoms with Crippen LogP contribution < -0.4 is 0 Å². The first-order chi connectivity index (χ1) is 13.1. The van der Waals surface area contributed by atoms with Gasteiger partial charge in [-0.3, -0.25) is 0 Å². The molecule has 0 radical (unpaired) electrons. The molecule has 1 atom stereocenters. The van der Waals surface area contributed by atoms with Crippen LogP contribution in [-0.2, 0) is 5.41 Å². The Bertz CT molecular complexity index is 738. The fraction of sp³-hybridized carbons (Fsp3) is 0.478. The standard InChI is InChI=1S/C23H28F2N2/c1-26-11-13-27(14-12-26)17-20-7-4-10-23(20,18-5-2-8-21(24)15-18)19-6-3-9-22(25)16-19/h2-3,5-6,8-9,15-16,20H,4,7,10-14,17H2,1H3. The van der Waals surface area contributed by atoms with Crippen LogP contribution in [0.2, 0.25) is 0 Å². The van der Waals surface area contributed by atoms with Crippen molar-refractivity contribution >= 4 is 0 Å². The predicted molar refractivity (Wildman–Crippen MR) is 105 cm³/mol. The van der Waals surface area contributed by atoms with Gasteiger partial charge in [0.25, 0.3) is 0 Å². The van der Waals surface area contributed by atoms with Crippen molar-refractivity contribution in [1.29, 1.82) is 0 Å². The quantitative estimate of drug-likeness (QED) is 0.792. The molecule has 27 heavy (non-hydrogen) atoms. The minimum atomic E-state index is -0.312. The normalized spacial score (nSPS) is 23.6. The molecule has 1 saturated carbocycles. The molecule has 0 amide bonds. The second-order valence-corrected chi connectivity index (χ2v) is 8.19. The highest BCUT2D eigenvalue weighted by Crippen LogP contribution is 2.51. The van der Waals surface area contributed by atoms with Gasteiger partial charge < -0.3 is 9.80 Å². The average Bonchev–Trinajstić information content (AvgIpc) is 3.08. The second-order valence-electron chi connectivity index (χ2n) is 8.19. The van der Waals surface area contributed by atoms with E-state index in [1.807, 2.05) is 12.1 Å². The lowest BCUT2D eigenvalue weighted by atomic mass is 9.67. The van der Waals surface area contributed by atoms with Crippen molar-refractivity contribution in [3.8, 4) is 0 Å². The van der Waals surface area contributed by atoms with Crippen molar-refractivity contribution in [2.75, 3.05) is 39.8 Å². The summed E-state index contributed by atoms with van der Waals surface area (Å²) in [6.07, 6.45) is 3.13. The Morgan fingerprint density at radius 2 is 1.52 bits per heavy atom. The van der Waals surface area contributed by atoms with Gasteiger partial charge in [-0.2, -0.15) is 0 Å². The van der Waals surface area contributed by atoms with Gasteiger partial charge >= 0.3 is 0 Å². The summed E-state index contributed by atoms with van der Waals surface area (Å²) in [6.45, 7) is 5.28. The lowest BCUT2D eigenvalue weighted by Gasteiger charge is -2.41. The summed E-state index contributed by atoms with van der Waals surface area (Å²) in [6, 6.07) is 13.9. The molecular formula is C23H28F2N2. The first kappa shape index (κ1) is 18.6. The summed E-state index contributed by atoms with van der Waals surface area (Å²) in [7, 11) is 2.16. The fourth-order valence-electron chi connectivity index (χ4n) is 5.13. The molecule has 2 fully saturated rings. The van der Waals surface area contributed by atoms with E-state index >= 15 is 0 Å². The molecule has 0 spiro atoms. The minimum Gasteiger partial charge on any atom is -0.304 e. The Hall–Kier alpha value is -1.78. The van der Waals surface area contributed by atoms with Crippen LogP contribution in [0.1, 0.15) is 30.4 Å². The summed E-state index contributed by atoms with van der Waals surface area (Å²) < 4.78 is 28.2. The van der Waals surface area contributed by atoms with E-state index in [-0.39, 0.29) is 17.0 Å². The van der Waals surface area contributed by atoms with Crippen molar-refractivity contribution < 1.29 is 8.78 Å². The smallest absolute Gasteiger partial charge is 0.123 e. The van der Waals surface area contributed by atoms with Gasteiger partial charge in [0.05, 0.1) is 0 Å². The number of benzene rings is 2. The number of likely N-dealkylation sites (N-methyl/N-ethyl adjacent to an activating group) is 1. The average molecular weight is 370 g/mol. The second kappa shape index (κ2) is 7.69. The number of piperazine rings is 1.